The average molecular weight is 340 g/mol. The van der Waals surface area contributed by atoms with Crippen molar-refractivity contribution in [1.29, 1.82) is 0 Å². The van der Waals surface area contributed by atoms with E-state index in [9.17, 15) is 4.79 Å². The lowest BCUT2D eigenvalue weighted by molar-refractivity contribution is -0.420. The topological polar surface area (TPSA) is 44.8 Å². The van der Waals surface area contributed by atoms with Gasteiger partial charge in [0.15, 0.2) is 5.79 Å². The minimum absolute atomic E-state index is 0.0381. The molecule has 25 heavy (non-hydrogen) atoms. The summed E-state index contributed by atoms with van der Waals surface area (Å²) in [4.78, 5) is 13.6. The Morgan fingerprint density at radius 2 is 1.48 bits per heavy atom. The zero-order chi connectivity index (χ0) is 16.0. The fraction of sp³-hybridized carbons (Fsp3) is 0.952. The molecule has 10 rings (SSSR count). The molecule has 0 aromatic heterocycles. The first-order valence-corrected chi connectivity index (χ1v) is 10.7. The van der Waals surface area contributed by atoms with Gasteiger partial charge in [-0.15, -0.1) is 0 Å². The summed E-state index contributed by atoms with van der Waals surface area (Å²) in [6.07, 6.45) is 5.71. The average Bonchev–Trinajstić information content (AvgIpc) is 3.32. The maximum atomic E-state index is 13.6. The Bertz CT molecular complexity index is 772. The third kappa shape index (κ3) is 0.818. The highest BCUT2D eigenvalue weighted by Crippen LogP contribution is 2.94. The lowest BCUT2D eigenvalue weighted by Crippen LogP contribution is -2.75. The first-order chi connectivity index (χ1) is 12.3. The Labute approximate surface area is 146 Å². The quantitative estimate of drug-likeness (QED) is 0.686. The van der Waals surface area contributed by atoms with Crippen molar-refractivity contribution in [1.82, 2.24) is 0 Å². The second-order valence-electron chi connectivity index (χ2n) is 10.9. The highest BCUT2D eigenvalue weighted by atomic mass is 16.7. The monoisotopic (exact) mass is 340 g/mol. The Balaban J connectivity index is 1.45. The number of rotatable bonds is 1. The molecular formula is C21H24O4. The summed E-state index contributed by atoms with van der Waals surface area (Å²) in [7, 11) is 1.60. The summed E-state index contributed by atoms with van der Waals surface area (Å²) in [5.41, 5.74) is -0.455. The van der Waals surface area contributed by atoms with Gasteiger partial charge in [0, 0.05) is 5.92 Å². The molecule has 2 aliphatic heterocycles. The van der Waals surface area contributed by atoms with Gasteiger partial charge >= 0.3 is 5.97 Å². The maximum absolute atomic E-state index is 13.6. The van der Waals surface area contributed by atoms with Crippen molar-refractivity contribution in [3.8, 4) is 0 Å². The van der Waals surface area contributed by atoms with E-state index in [1.807, 2.05) is 0 Å². The van der Waals surface area contributed by atoms with Crippen LogP contribution in [0, 0.1) is 70.5 Å². The van der Waals surface area contributed by atoms with Crippen molar-refractivity contribution in [2.24, 2.45) is 70.5 Å². The van der Waals surface area contributed by atoms with Gasteiger partial charge in [0.25, 0.3) is 0 Å². The van der Waals surface area contributed by atoms with Crippen molar-refractivity contribution in [2.75, 3.05) is 7.11 Å². The Hall–Kier alpha value is -0.610. The van der Waals surface area contributed by atoms with Gasteiger partial charge in [-0.2, -0.15) is 0 Å². The van der Waals surface area contributed by atoms with Crippen LogP contribution in [0.1, 0.15) is 25.7 Å². The molecule has 2 heterocycles. The number of esters is 1. The minimum Gasteiger partial charge on any atom is -0.468 e. The molecule has 8 saturated carbocycles. The zero-order valence-electron chi connectivity index (χ0n) is 14.5. The van der Waals surface area contributed by atoms with Crippen molar-refractivity contribution < 1.29 is 19.0 Å². The van der Waals surface area contributed by atoms with E-state index < -0.39 is 11.2 Å². The minimum atomic E-state index is -0.610. The summed E-state index contributed by atoms with van der Waals surface area (Å²) in [6, 6.07) is 0. The van der Waals surface area contributed by atoms with Crippen LogP contribution in [0.15, 0.2) is 0 Å². The van der Waals surface area contributed by atoms with Crippen LogP contribution in [0.25, 0.3) is 0 Å². The van der Waals surface area contributed by atoms with Gasteiger partial charge in [-0.05, 0) is 84.9 Å². The molecule has 0 radical (unpaired) electrons. The van der Waals surface area contributed by atoms with E-state index in [1.54, 1.807) is 7.11 Å². The van der Waals surface area contributed by atoms with Crippen LogP contribution in [0.5, 0.6) is 0 Å². The van der Waals surface area contributed by atoms with E-state index in [2.05, 4.69) is 0 Å². The van der Waals surface area contributed by atoms with Crippen molar-refractivity contribution in [2.45, 2.75) is 43.7 Å². The van der Waals surface area contributed by atoms with Gasteiger partial charge in [-0.1, -0.05) is 0 Å². The summed E-state index contributed by atoms with van der Waals surface area (Å²) >= 11 is 0. The van der Waals surface area contributed by atoms with E-state index in [0.717, 1.165) is 35.5 Å². The van der Waals surface area contributed by atoms with E-state index in [0.29, 0.717) is 41.8 Å². The highest BCUT2D eigenvalue weighted by Gasteiger charge is 2.99. The molecular weight excluding hydrogens is 316 g/mol. The Kier molecular flexibility index (Phi) is 1.64. The van der Waals surface area contributed by atoms with Crippen LogP contribution in [0.3, 0.4) is 0 Å². The van der Waals surface area contributed by atoms with E-state index >= 15 is 0 Å². The molecule has 10 aliphatic rings. The van der Waals surface area contributed by atoms with Gasteiger partial charge in [0.05, 0.1) is 19.3 Å². The van der Waals surface area contributed by atoms with Crippen molar-refractivity contribution >= 4 is 5.97 Å². The standard InChI is InChI=1S/C21H24O4/c1-23-19(22)20-16-7-3-5-8-10(7)13-15(16)14-12-6-2-4-9(11(6)17(14)20)25-21(20,24-8)18(12)13/h6-18H,2-5H2,1H3/t6?,7?,8?,9?,10?,11?,12?,13?,14?,15?,16?,17?,18?,20-,21?/m0/s1. The largest absolute Gasteiger partial charge is 0.468 e. The first kappa shape index (κ1) is 12.7. The maximum Gasteiger partial charge on any atom is 0.317 e. The molecule has 0 amide bonds. The van der Waals surface area contributed by atoms with Crippen LogP contribution in [0.4, 0.5) is 0 Å². The van der Waals surface area contributed by atoms with Crippen LogP contribution in [-0.2, 0) is 19.0 Å². The number of hydrogen-bond acceptors (Lipinski definition) is 4. The van der Waals surface area contributed by atoms with Gasteiger partial charge in [-0.3, -0.25) is 4.79 Å². The predicted molar refractivity (Wildman–Crippen MR) is 83.8 cm³/mol. The molecule has 4 heteroatoms. The number of hydrogen-bond donors (Lipinski definition) is 0. The highest BCUT2D eigenvalue weighted by molar-refractivity contribution is 5.82. The smallest absolute Gasteiger partial charge is 0.317 e. The van der Waals surface area contributed by atoms with Crippen molar-refractivity contribution in [3.63, 3.8) is 0 Å². The summed E-state index contributed by atoms with van der Waals surface area (Å²) in [5, 5.41) is 0. The van der Waals surface area contributed by atoms with E-state index in [-0.39, 0.29) is 5.97 Å². The van der Waals surface area contributed by atoms with Gasteiger partial charge < -0.3 is 14.2 Å². The molecule has 10 fully saturated rings. The molecule has 4 nitrogen and oxygen atoms in total. The molecule has 0 aromatic carbocycles. The molecule has 8 aliphatic carbocycles. The number of ether oxygens (including phenoxy) is 3. The van der Waals surface area contributed by atoms with E-state index in [4.69, 9.17) is 14.2 Å². The van der Waals surface area contributed by atoms with Crippen LogP contribution in [-0.4, -0.2) is 31.1 Å². The normalized spacial score (nSPS) is 78.5. The molecule has 15 atom stereocenters. The van der Waals surface area contributed by atoms with Gasteiger partial charge in [-0.25, -0.2) is 0 Å². The fourth-order valence-electron chi connectivity index (χ4n) is 12.1. The number of carbonyl (C=O) groups excluding carboxylic acids is 1. The molecule has 9 bridgehead atoms. The second kappa shape index (κ2) is 3.22. The third-order valence-corrected chi connectivity index (χ3v) is 11.5. The second-order valence-corrected chi connectivity index (χ2v) is 10.9. The third-order valence-electron chi connectivity index (χ3n) is 11.5. The molecule has 0 aromatic rings. The lowest BCUT2D eigenvalue weighted by atomic mass is 9.51. The predicted octanol–water partition coefficient (Wildman–Crippen LogP) is 2.07. The Morgan fingerprint density at radius 3 is 2.28 bits per heavy atom. The first-order valence-electron chi connectivity index (χ1n) is 10.7. The van der Waals surface area contributed by atoms with Crippen LogP contribution in [0.2, 0.25) is 0 Å². The number of methoxy groups -OCH3 is 1. The summed E-state index contributed by atoms with van der Waals surface area (Å²) < 4.78 is 19.6. The molecule has 1 spiro atoms. The Morgan fingerprint density at radius 1 is 0.800 bits per heavy atom. The van der Waals surface area contributed by atoms with Gasteiger partial charge in [0.1, 0.15) is 5.41 Å². The summed E-state index contributed by atoms with van der Waals surface area (Å²) in [5.74, 6) is 6.98. The SMILES string of the molecule is COC(=O)[C@@]12C3C4CCC5OC16OC1CCC7C8C(C3C(C54)C86)C2C17. The molecule has 14 unspecified atom stereocenters. The van der Waals surface area contributed by atoms with Crippen LogP contribution < -0.4 is 0 Å². The fourth-order valence-corrected chi connectivity index (χ4v) is 12.1. The summed E-state index contributed by atoms with van der Waals surface area (Å²) in [6.45, 7) is 0. The molecule has 0 N–H and O–H groups in total. The zero-order valence-corrected chi connectivity index (χ0v) is 14.5. The molecule has 2 saturated heterocycles. The van der Waals surface area contributed by atoms with Crippen LogP contribution >= 0.6 is 0 Å². The van der Waals surface area contributed by atoms with Gasteiger partial charge in [0.2, 0.25) is 0 Å². The van der Waals surface area contributed by atoms with E-state index in [1.165, 1.54) is 25.7 Å². The lowest BCUT2D eigenvalue weighted by Gasteiger charge is -2.64. The van der Waals surface area contributed by atoms with Crippen molar-refractivity contribution in [3.05, 3.63) is 0 Å². The number of carbonyl (C=O) groups is 1. The molecule has 132 valence electrons.